The molecule has 34 heavy (non-hydrogen) atoms. The lowest BCUT2D eigenvalue weighted by molar-refractivity contribution is -0.403. The van der Waals surface area contributed by atoms with Gasteiger partial charge in [-0.05, 0) is 31.4 Å². The maximum absolute atomic E-state index is 13.1. The van der Waals surface area contributed by atoms with Crippen molar-refractivity contribution in [3.05, 3.63) is 30.3 Å². The minimum absolute atomic E-state index is 0.0342. The van der Waals surface area contributed by atoms with E-state index in [2.05, 4.69) is 12.0 Å². The van der Waals surface area contributed by atoms with Gasteiger partial charge in [0.05, 0.1) is 17.7 Å². The third-order valence-corrected chi connectivity index (χ3v) is 9.27. The summed E-state index contributed by atoms with van der Waals surface area (Å²) in [5.41, 5.74) is -0.443. The molecule has 4 aliphatic heterocycles. The van der Waals surface area contributed by atoms with Crippen molar-refractivity contribution in [2.75, 3.05) is 39.4 Å². The van der Waals surface area contributed by atoms with E-state index in [1.165, 1.54) is 3.98 Å². The smallest absolute Gasteiger partial charge is 0.368 e. The van der Waals surface area contributed by atoms with Gasteiger partial charge < -0.3 is 24.6 Å². The SMILES string of the molecule is C=[N+]([C@@H]1COC2(CCN(C(=O)N3CC[C@@H]4OCC(=O)N[C@@H]4C3)CC2)C1)S(=O)(=O)c1ccccc1. The third kappa shape index (κ3) is 4.32. The summed E-state index contributed by atoms with van der Waals surface area (Å²) in [6.45, 7) is 6.35. The highest BCUT2D eigenvalue weighted by molar-refractivity contribution is 7.85. The molecule has 4 aliphatic rings. The van der Waals surface area contributed by atoms with Crippen LogP contribution in [0, 0.1) is 0 Å². The van der Waals surface area contributed by atoms with Gasteiger partial charge in [0.15, 0.2) is 6.04 Å². The molecule has 184 valence electrons. The first kappa shape index (κ1) is 23.3. The molecule has 4 heterocycles. The molecule has 0 unspecified atom stereocenters. The minimum atomic E-state index is -3.70. The Bertz CT molecular complexity index is 1070. The number of hydrogen-bond acceptors (Lipinski definition) is 6. The fourth-order valence-electron chi connectivity index (χ4n) is 5.46. The molecule has 0 bridgehead atoms. The van der Waals surface area contributed by atoms with Crippen molar-refractivity contribution in [1.82, 2.24) is 15.1 Å². The number of benzene rings is 1. The van der Waals surface area contributed by atoms with Gasteiger partial charge in [0, 0.05) is 32.6 Å². The van der Waals surface area contributed by atoms with Crippen LogP contribution in [0.25, 0.3) is 0 Å². The van der Waals surface area contributed by atoms with Crippen molar-refractivity contribution >= 4 is 28.7 Å². The summed E-state index contributed by atoms with van der Waals surface area (Å²) in [7, 11) is -3.70. The molecule has 1 spiro atoms. The normalized spacial score (nSPS) is 28.9. The van der Waals surface area contributed by atoms with Crippen molar-refractivity contribution in [3.63, 3.8) is 0 Å². The summed E-state index contributed by atoms with van der Waals surface area (Å²) < 4.78 is 38.8. The number of amides is 3. The number of rotatable bonds is 3. The molecule has 11 heteroatoms. The highest BCUT2D eigenvalue weighted by Crippen LogP contribution is 2.38. The summed E-state index contributed by atoms with van der Waals surface area (Å²) in [6, 6.07) is 7.75. The summed E-state index contributed by atoms with van der Waals surface area (Å²) >= 11 is 0. The Morgan fingerprint density at radius 3 is 2.62 bits per heavy atom. The van der Waals surface area contributed by atoms with Gasteiger partial charge in [0.1, 0.15) is 24.8 Å². The van der Waals surface area contributed by atoms with Crippen LogP contribution in [-0.2, 0) is 24.3 Å². The molecule has 0 aromatic heterocycles. The summed E-state index contributed by atoms with van der Waals surface area (Å²) in [6.07, 6.45) is 2.52. The number of ether oxygens (including phenoxy) is 2. The van der Waals surface area contributed by atoms with E-state index in [9.17, 15) is 18.0 Å². The highest BCUT2D eigenvalue weighted by Gasteiger charge is 2.50. The number of nitrogens with zero attached hydrogens (tertiary/aromatic N) is 3. The number of sulfonamides is 1. The standard InChI is InChI=1S/C23H30N4O6S/c1-25(34(30,31)18-5-3-2-4-6-18)17-13-23(33-15-17)8-11-26(12-9-23)22(29)27-10-7-20-19(14-27)24-21(28)16-32-20/h2-6,17,19-20H,1,7-16H2/p+1/t17-,19+,20-/m0/s1. The zero-order valence-corrected chi connectivity index (χ0v) is 19.9. The predicted molar refractivity (Wildman–Crippen MR) is 122 cm³/mol. The topological polar surface area (TPSA) is 108 Å². The van der Waals surface area contributed by atoms with Crippen LogP contribution in [-0.4, -0.2) is 104 Å². The van der Waals surface area contributed by atoms with Gasteiger partial charge in [0.25, 0.3) is 0 Å². The third-order valence-electron chi connectivity index (χ3n) is 7.49. The molecule has 1 N–H and O–H groups in total. The Hall–Kier alpha value is -2.50. The van der Waals surface area contributed by atoms with Gasteiger partial charge in [-0.15, -0.1) is 3.98 Å². The van der Waals surface area contributed by atoms with Crippen LogP contribution in [0.4, 0.5) is 4.79 Å². The molecular weight excluding hydrogens is 460 g/mol. The van der Waals surface area contributed by atoms with Crippen LogP contribution in [0.1, 0.15) is 25.7 Å². The second kappa shape index (κ2) is 8.94. The van der Waals surface area contributed by atoms with Crippen LogP contribution < -0.4 is 5.32 Å². The Balaban J connectivity index is 1.17. The molecule has 4 saturated heterocycles. The minimum Gasteiger partial charge on any atom is -0.368 e. The molecule has 3 amide bonds. The number of nitrogens with one attached hydrogen (secondary N) is 1. The summed E-state index contributed by atoms with van der Waals surface area (Å²) in [5, 5.41) is 2.93. The van der Waals surface area contributed by atoms with E-state index in [0.717, 1.165) is 0 Å². The monoisotopic (exact) mass is 491 g/mol. The maximum atomic E-state index is 13.1. The lowest BCUT2D eigenvalue weighted by Gasteiger charge is -2.44. The van der Waals surface area contributed by atoms with Crippen LogP contribution in [0.3, 0.4) is 0 Å². The summed E-state index contributed by atoms with van der Waals surface area (Å²) in [4.78, 5) is 28.6. The van der Waals surface area contributed by atoms with Crippen molar-refractivity contribution in [1.29, 1.82) is 0 Å². The van der Waals surface area contributed by atoms with Gasteiger partial charge in [0.2, 0.25) is 5.91 Å². The Morgan fingerprint density at radius 2 is 1.88 bits per heavy atom. The van der Waals surface area contributed by atoms with Crippen molar-refractivity contribution in [2.45, 2.75) is 54.4 Å². The average Bonchev–Trinajstić information content (AvgIpc) is 3.26. The fraction of sp³-hybridized carbons (Fsp3) is 0.609. The first-order valence-corrected chi connectivity index (χ1v) is 13.2. The van der Waals surface area contributed by atoms with Gasteiger partial charge in [-0.2, -0.15) is 8.42 Å². The fourth-order valence-corrected chi connectivity index (χ4v) is 6.76. The molecule has 1 aromatic rings. The molecule has 0 aliphatic carbocycles. The number of hydrogen-bond donors (Lipinski definition) is 1. The molecule has 0 radical (unpaired) electrons. The van der Waals surface area contributed by atoms with E-state index < -0.39 is 15.6 Å². The molecule has 4 fully saturated rings. The van der Waals surface area contributed by atoms with Gasteiger partial charge in [-0.3, -0.25) is 4.79 Å². The first-order chi connectivity index (χ1) is 16.3. The second-order valence-electron chi connectivity index (χ2n) is 9.58. The van der Waals surface area contributed by atoms with Crippen LogP contribution >= 0.6 is 0 Å². The van der Waals surface area contributed by atoms with Crippen LogP contribution in [0.15, 0.2) is 35.2 Å². The number of piperidine rings is 2. The summed E-state index contributed by atoms with van der Waals surface area (Å²) in [5.74, 6) is -0.142. The van der Waals surface area contributed by atoms with Crippen LogP contribution in [0.2, 0.25) is 0 Å². The van der Waals surface area contributed by atoms with Crippen molar-refractivity contribution in [2.24, 2.45) is 0 Å². The lowest BCUT2D eigenvalue weighted by atomic mass is 9.87. The Labute approximate surface area is 199 Å². The quantitative estimate of drug-likeness (QED) is 0.485. The Morgan fingerprint density at radius 1 is 1.15 bits per heavy atom. The number of carbonyl (C=O) groups excluding carboxylic acids is 2. The molecule has 0 saturated carbocycles. The molecule has 1 aromatic carbocycles. The van der Waals surface area contributed by atoms with E-state index in [1.54, 1.807) is 35.2 Å². The number of likely N-dealkylation sites (tertiary alicyclic amines) is 2. The first-order valence-electron chi connectivity index (χ1n) is 11.8. The van der Waals surface area contributed by atoms with E-state index >= 15 is 0 Å². The highest BCUT2D eigenvalue weighted by atomic mass is 32.2. The molecule has 3 atom stereocenters. The van der Waals surface area contributed by atoms with Gasteiger partial charge in [-0.1, -0.05) is 18.2 Å². The number of fused-ring (bicyclic) bond motifs is 1. The maximum Gasteiger partial charge on any atom is 0.394 e. The number of carbonyl (C=O) groups is 2. The zero-order valence-electron chi connectivity index (χ0n) is 19.1. The predicted octanol–water partition coefficient (Wildman–Crippen LogP) is 0.421. The van der Waals surface area contributed by atoms with E-state index in [1.807, 2.05) is 4.90 Å². The van der Waals surface area contributed by atoms with E-state index in [0.29, 0.717) is 58.5 Å². The Kier molecular flexibility index (Phi) is 6.11. The molecule has 10 nitrogen and oxygen atoms in total. The van der Waals surface area contributed by atoms with Crippen molar-refractivity contribution < 1.29 is 31.5 Å². The zero-order chi connectivity index (χ0) is 23.9. The largest absolute Gasteiger partial charge is 0.394 e. The molecule has 5 rings (SSSR count). The van der Waals surface area contributed by atoms with E-state index in [-0.39, 0.29) is 41.6 Å². The van der Waals surface area contributed by atoms with E-state index in [4.69, 9.17) is 9.47 Å². The van der Waals surface area contributed by atoms with Gasteiger partial charge >= 0.3 is 16.1 Å². The van der Waals surface area contributed by atoms with Crippen molar-refractivity contribution in [3.8, 4) is 0 Å². The second-order valence-corrected chi connectivity index (χ2v) is 11.5. The van der Waals surface area contributed by atoms with Crippen LogP contribution in [0.5, 0.6) is 0 Å². The average molecular weight is 492 g/mol. The molecular formula is C23H31N4O6S+. The van der Waals surface area contributed by atoms with Gasteiger partial charge in [-0.25, -0.2) is 4.79 Å². The number of urea groups is 1. The number of morpholine rings is 1. The lowest BCUT2D eigenvalue weighted by Crippen LogP contribution is -2.63.